The Bertz CT molecular complexity index is 564. The molecule has 22 heavy (non-hydrogen) atoms. The normalized spacial score (nSPS) is 15.5. The van der Waals surface area contributed by atoms with Gasteiger partial charge in [-0.25, -0.2) is 0 Å². The van der Waals surface area contributed by atoms with E-state index in [2.05, 4.69) is 0 Å². The van der Waals surface area contributed by atoms with Crippen molar-refractivity contribution in [1.29, 1.82) is 0 Å². The molecule has 2 amide bonds. The van der Waals surface area contributed by atoms with Gasteiger partial charge in [0.15, 0.2) is 17.2 Å². The van der Waals surface area contributed by atoms with Crippen LogP contribution in [-0.4, -0.2) is 63.1 Å². The summed E-state index contributed by atoms with van der Waals surface area (Å²) in [4.78, 5) is 27.5. The number of carbonyl (C=O) groups is 2. The third-order valence-electron chi connectivity index (χ3n) is 3.75. The molecule has 1 aliphatic rings. The van der Waals surface area contributed by atoms with Crippen molar-refractivity contribution < 1.29 is 24.9 Å². The summed E-state index contributed by atoms with van der Waals surface area (Å²) in [6, 6.07) is 2.24. The average Bonchev–Trinajstić information content (AvgIpc) is 2.76. The molecule has 2 rings (SSSR count). The highest BCUT2D eigenvalue weighted by atomic mass is 16.3. The van der Waals surface area contributed by atoms with E-state index in [1.165, 1.54) is 0 Å². The number of amides is 2. The monoisotopic (exact) mass is 308 g/mol. The van der Waals surface area contributed by atoms with Gasteiger partial charge in [-0.15, -0.1) is 0 Å². The lowest BCUT2D eigenvalue weighted by Crippen LogP contribution is -2.37. The Hall–Kier alpha value is -2.44. The van der Waals surface area contributed by atoms with E-state index < -0.39 is 17.2 Å². The molecule has 0 atom stereocenters. The lowest BCUT2D eigenvalue weighted by atomic mass is 10.1. The lowest BCUT2D eigenvalue weighted by molar-refractivity contribution is -0.130. The minimum atomic E-state index is -0.646. The summed E-state index contributed by atoms with van der Waals surface area (Å²) in [6.45, 7) is 3.77. The summed E-state index contributed by atoms with van der Waals surface area (Å²) in [5.41, 5.74) is 0.100. The summed E-state index contributed by atoms with van der Waals surface area (Å²) < 4.78 is 0. The van der Waals surface area contributed by atoms with Gasteiger partial charge in [0, 0.05) is 38.2 Å². The van der Waals surface area contributed by atoms with Crippen LogP contribution in [0.15, 0.2) is 12.1 Å². The van der Waals surface area contributed by atoms with E-state index in [-0.39, 0.29) is 17.4 Å². The van der Waals surface area contributed by atoms with E-state index in [0.29, 0.717) is 39.0 Å². The molecule has 1 fully saturated rings. The molecule has 0 aromatic heterocycles. The van der Waals surface area contributed by atoms with E-state index in [1.807, 2.05) is 0 Å². The van der Waals surface area contributed by atoms with Gasteiger partial charge in [-0.3, -0.25) is 9.59 Å². The zero-order chi connectivity index (χ0) is 16.3. The first-order chi connectivity index (χ1) is 10.4. The highest BCUT2D eigenvalue weighted by Crippen LogP contribution is 2.35. The van der Waals surface area contributed by atoms with E-state index in [1.54, 1.807) is 16.7 Å². The molecule has 0 radical (unpaired) electrons. The van der Waals surface area contributed by atoms with Crippen molar-refractivity contribution in [3.8, 4) is 17.2 Å². The highest BCUT2D eigenvalue weighted by Gasteiger charge is 2.23. The number of hydrogen-bond donors (Lipinski definition) is 3. The molecule has 1 heterocycles. The van der Waals surface area contributed by atoms with Crippen molar-refractivity contribution in [2.24, 2.45) is 0 Å². The zero-order valence-corrected chi connectivity index (χ0v) is 12.4. The maximum atomic E-state index is 12.4. The van der Waals surface area contributed by atoms with Crippen molar-refractivity contribution in [1.82, 2.24) is 9.80 Å². The van der Waals surface area contributed by atoms with Crippen LogP contribution in [0.25, 0.3) is 0 Å². The first-order valence-electron chi connectivity index (χ1n) is 7.26. The summed E-state index contributed by atoms with van der Waals surface area (Å²) in [5.74, 6) is -2.01. The number of hydrogen-bond acceptors (Lipinski definition) is 5. The molecule has 0 bridgehead atoms. The molecular formula is C15H20N2O5. The van der Waals surface area contributed by atoms with E-state index in [9.17, 15) is 24.9 Å². The fraction of sp³-hybridized carbons (Fsp3) is 0.467. The van der Waals surface area contributed by atoms with Crippen LogP contribution >= 0.6 is 0 Å². The number of rotatable bonds is 2. The Kier molecular flexibility index (Phi) is 4.75. The predicted octanol–water partition coefficient (Wildman–Crippen LogP) is 0.888. The Balaban J connectivity index is 2.12. The second kappa shape index (κ2) is 6.55. The third kappa shape index (κ3) is 3.24. The van der Waals surface area contributed by atoms with Gasteiger partial charge in [0.05, 0.1) is 0 Å². The number of nitrogens with zero attached hydrogens (tertiary/aromatic N) is 2. The molecule has 0 saturated carbocycles. The summed E-state index contributed by atoms with van der Waals surface area (Å²) in [7, 11) is 0. The van der Waals surface area contributed by atoms with Crippen LogP contribution in [0.1, 0.15) is 30.1 Å². The van der Waals surface area contributed by atoms with Crippen LogP contribution < -0.4 is 0 Å². The van der Waals surface area contributed by atoms with Crippen molar-refractivity contribution in [3.63, 3.8) is 0 Å². The topological polar surface area (TPSA) is 101 Å². The van der Waals surface area contributed by atoms with Crippen molar-refractivity contribution in [2.75, 3.05) is 26.2 Å². The van der Waals surface area contributed by atoms with Gasteiger partial charge in [-0.2, -0.15) is 0 Å². The molecule has 0 aliphatic carbocycles. The van der Waals surface area contributed by atoms with E-state index >= 15 is 0 Å². The molecule has 1 aromatic rings. The number of phenolic OH excluding ortho intramolecular Hbond substituents is 3. The molecule has 1 saturated heterocycles. The molecular weight excluding hydrogens is 288 g/mol. The number of carbonyl (C=O) groups excluding carboxylic acids is 2. The van der Waals surface area contributed by atoms with E-state index in [0.717, 1.165) is 12.1 Å². The molecule has 1 aliphatic heterocycles. The maximum absolute atomic E-state index is 12.4. The number of aromatic hydroxyl groups is 3. The Labute approximate surface area is 128 Å². The first kappa shape index (κ1) is 15.9. The Morgan fingerprint density at radius 1 is 1.00 bits per heavy atom. The minimum Gasteiger partial charge on any atom is -0.504 e. The predicted molar refractivity (Wildman–Crippen MR) is 78.8 cm³/mol. The molecule has 0 unspecified atom stereocenters. The molecule has 7 nitrogen and oxygen atoms in total. The molecule has 7 heteroatoms. The molecule has 120 valence electrons. The zero-order valence-electron chi connectivity index (χ0n) is 12.4. The molecule has 1 aromatic carbocycles. The fourth-order valence-corrected chi connectivity index (χ4v) is 2.50. The van der Waals surface area contributed by atoms with Gasteiger partial charge in [0.25, 0.3) is 5.91 Å². The lowest BCUT2D eigenvalue weighted by Gasteiger charge is -2.22. The van der Waals surface area contributed by atoms with Gasteiger partial charge in [0.1, 0.15) is 0 Å². The van der Waals surface area contributed by atoms with Gasteiger partial charge >= 0.3 is 0 Å². The van der Waals surface area contributed by atoms with Crippen molar-refractivity contribution in [3.05, 3.63) is 17.7 Å². The smallest absolute Gasteiger partial charge is 0.254 e. The number of benzene rings is 1. The van der Waals surface area contributed by atoms with Crippen molar-refractivity contribution >= 4 is 11.8 Å². The highest BCUT2D eigenvalue weighted by molar-refractivity contribution is 5.95. The van der Waals surface area contributed by atoms with Crippen LogP contribution in [0.2, 0.25) is 0 Å². The van der Waals surface area contributed by atoms with Crippen LogP contribution in [0.3, 0.4) is 0 Å². The Morgan fingerprint density at radius 2 is 1.55 bits per heavy atom. The van der Waals surface area contributed by atoms with Crippen molar-refractivity contribution in [2.45, 2.75) is 19.8 Å². The first-order valence-corrected chi connectivity index (χ1v) is 7.26. The second-order valence-corrected chi connectivity index (χ2v) is 5.24. The standard InChI is InChI=1S/C15H20N2O5/c1-2-13(20)16-4-3-5-17(7-6-16)15(22)10-8-11(18)14(21)12(19)9-10/h8-9,18-19,21H,2-7H2,1H3. The average molecular weight is 308 g/mol. The fourth-order valence-electron chi connectivity index (χ4n) is 2.50. The van der Waals surface area contributed by atoms with Gasteiger partial charge in [-0.1, -0.05) is 6.92 Å². The summed E-state index contributed by atoms with van der Waals surface area (Å²) >= 11 is 0. The maximum Gasteiger partial charge on any atom is 0.254 e. The summed E-state index contributed by atoms with van der Waals surface area (Å²) in [6.07, 6.45) is 1.11. The third-order valence-corrected chi connectivity index (χ3v) is 3.75. The number of phenols is 3. The largest absolute Gasteiger partial charge is 0.504 e. The molecule has 0 spiro atoms. The summed E-state index contributed by atoms with van der Waals surface area (Å²) in [5, 5.41) is 28.3. The van der Waals surface area contributed by atoms with Gasteiger partial charge in [0.2, 0.25) is 5.91 Å². The van der Waals surface area contributed by atoms with Crippen LogP contribution in [-0.2, 0) is 4.79 Å². The quantitative estimate of drug-likeness (QED) is 0.704. The molecule has 3 N–H and O–H groups in total. The Morgan fingerprint density at radius 3 is 2.14 bits per heavy atom. The SMILES string of the molecule is CCC(=O)N1CCCN(C(=O)c2cc(O)c(O)c(O)c2)CC1. The van der Waals surface area contributed by atoms with Gasteiger partial charge < -0.3 is 25.1 Å². The second-order valence-electron chi connectivity index (χ2n) is 5.24. The minimum absolute atomic E-state index is 0.0641. The van der Waals surface area contributed by atoms with Crippen LogP contribution in [0.4, 0.5) is 0 Å². The van der Waals surface area contributed by atoms with Crippen LogP contribution in [0.5, 0.6) is 17.2 Å². The van der Waals surface area contributed by atoms with Crippen LogP contribution in [0, 0.1) is 0 Å². The van der Waals surface area contributed by atoms with E-state index in [4.69, 9.17) is 0 Å². The van der Waals surface area contributed by atoms with Gasteiger partial charge in [-0.05, 0) is 18.6 Å².